The van der Waals surface area contributed by atoms with Crippen LogP contribution in [0.5, 0.6) is 0 Å². The number of nitrogens with two attached hydrogens (primary N) is 1. The van der Waals surface area contributed by atoms with Crippen molar-refractivity contribution in [3.8, 4) is 0 Å². The Bertz CT molecular complexity index is 1070. The van der Waals surface area contributed by atoms with Crippen molar-refractivity contribution in [2.24, 2.45) is 0 Å². The topological polar surface area (TPSA) is 118 Å². The lowest BCUT2D eigenvalue weighted by Crippen LogP contribution is -2.47. The van der Waals surface area contributed by atoms with Crippen LogP contribution in [0.25, 0.3) is 0 Å². The summed E-state index contributed by atoms with van der Waals surface area (Å²) in [4.78, 5) is -0.0507. The lowest BCUT2D eigenvalue weighted by atomic mass is 10.2. The number of benzene rings is 2. The van der Waals surface area contributed by atoms with Gasteiger partial charge in [-0.1, -0.05) is 15.9 Å². The lowest BCUT2D eigenvalue weighted by molar-refractivity contribution is 0.184. The van der Waals surface area contributed by atoms with E-state index in [2.05, 4.69) is 31.9 Å². The molecule has 0 aromatic heterocycles. The van der Waals surface area contributed by atoms with Crippen LogP contribution in [-0.4, -0.2) is 45.6 Å². The highest BCUT2D eigenvalue weighted by Crippen LogP contribution is 2.35. The van der Waals surface area contributed by atoms with Gasteiger partial charge in [0, 0.05) is 14.6 Å². The molecule has 1 heterocycles. The number of halogens is 2. The molecule has 1 fully saturated rings. The van der Waals surface area contributed by atoms with Crippen LogP contribution in [0.1, 0.15) is 0 Å². The quantitative estimate of drug-likeness (QED) is 0.575. The summed E-state index contributed by atoms with van der Waals surface area (Å²) in [6.45, 7) is 0. The maximum absolute atomic E-state index is 13.5. The number of hydrogen-bond donors (Lipinski definition) is 2. The van der Waals surface area contributed by atoms with E-state index in [-0.39, 0.29) is 10.6 Å². The summed E-state index contributed by atoms with van der Waals surface area (Å²) in [5.74, 6) is -0.957. The van der Waals surface area contributed by atoms with Gasteiger partial charge in [-0.25, -0.2) is 16.8 Å². The zero-order valence-electron chi connectivity index (χ0n) is 13.8. The SMILES string of the molecule is Nc1ccc(N([C@@H]2CS(=O)(=O)C[C@@H]2O)S(=O)(=O)c2cc(Br)ccc2Br)cc1. The molecule has 0 amide bonds. The van der Waals surface area contributed by atoms with E-state index < -0.39 is 43.5 Å². The van der Waals surface area contributed by atoms with Crippen molar-refractivity contribution in [2.75, 3.05) is 21.5 Å². The standard InChI is InChI=1S/C16H16Br2N2O5S2/c17-10-1-6-13(18)16(7-10)27(24,25)20(12-4-2-11(19)3-5-12)14-8-26(22,23)9-15(14)21/h1-7,14-15,21H,8-9,19H2/t14-,15+/m1/s1. The Balaban J connectivity index is 2.20. The van der Waals surface area contributed by atoms with Gasteiger partial charge in [0.25, 0.3) is 10.0 Å². The molecule has 0 spiro atoms. The average Bonchev–Trinajstić information content (AvgIpc) is 2.84. The molecule has 146 valence electrons. The fourth-order valence-electron chi connectivity index (χ4n) is 2.95. The largest absolute Gasteiger partial charge is 0.399 e. The number of nitrogen functional groups attached to an aromatic ring is 1. The molecule has 1 aliphatic rings. The van der Waals surface area contributed by atoms with E-state index in [4.69, 9.17) is 5.73 Å². The van der Waals surface area contributed by atoms with Gasteiger partial charge in [-0.15, -0.1) is 0 Å². The summed E-state index contributed by atoms with van der Waals surface area (Å²) in [5, 5.41) is 10.3. The first-order valence-corrected chi connectivity index (χ1v) is 12.6. The molecular formula is C16H16Br2N2O5S2. The molecule has 3 N–H and O–H groups in total. The zero-order valence-corrected chi connectivity index (χ0v) is 18.6. The van der Waals surface area contributed by atoms with Gasteiger partial charge in [0.2, 0.25) is 0 Å². The van der Waals surface area contributed by atoms with Crippen molar-refractivity contribution < 1.29 is 21.9 Å². The van der Waals surface area contributed by atoms with Gasteiger partial charge in [-0.2, -0.15) is 0 Å². The van der Waals surface area contributed by atoms with Crippen molar-refractivity contribution >= 4 is 63.1 Å². The monoisotopic (exact) mass is 538 g/mol. The molecule has 2 atom stereocenters. The molecule has 0 bridgehead atoms. The molecule has 1 saturated heterocycles. The maximum Gasteiger partial charge on any atom is 0.265 e. The smallest absolute Gasteiger partial charge is 0.265 e. The molecule has 1 aliphatic heterocycles. The minimum atomic E-state index is -4.20. The average molecular weight is 540 g/mol. The number of anilines is 2. The fourth-order valence-corrected chi connectivity index (χ4v) is 7.96. The molecule has 2 aromatic carbocycles. The molecule has 2 aromatic rings. The predicted molar refractivity (Wildman–Crippen MR) is 111 cm³/mol. The molecule has 7 nitrogen and oxygen atoms in total. The number of sulfonamides is 1. The second-order valence-electron chi connectivity index (χ2n) is 6.18. The van der Waals surface area contributed by atoms with E-state index in [1.165, 1.54) is 30.3 Å². The number of nitrogens with zero attached hydrogens (tertiary/aromatic N) is 1. The van der Waals surface area contributed by atoms with Crippen molar-refractivity contribution in [3.63, 3.8) is 0 Å². The van der Waals surface area contributed by atoms with Crippen LogP contribution in [0.3, 0.4) is 0 Å². The first kappa shape index (κ1) is 20.6. The maximum atomic E-state index is 13.5. The van der Waals surface area contributed by atoms with Crippen molar-refractivity contribution in [1.29, 1.82) is 0 Å². The third-order valence-corrected chi connectivity index (χ3v) is 9.21. The molecule has 0 radical (unpaired) electrons. The summed E-state index contributed by atoms with van der Waals surface area (Å²) < 4.78 is 52.8. The Morgan fingerprint density at radius 1 is 1.07 bits per heavy atom. The molecule has 0 unspecified atom stereocenters. The molecule has 11 heteroatoms. The third-order valence-electron chi connectivity index (χ3n) is 4.17. The van der Waals surface area contributed by atoms with E-state index >= 15 is 0 Å². The van der Waals surface area contributed by atoms with E-state index in [1.807, 2.05) is 0 Å². The van der Waals surface area contributed by atoms with Crippen molar-refractivity contribution in [3.05, 3.63) is 51.4 Å². The first-order chi connectivity index (χ1) is 12.5. The third kappa shape index (κ3) is 4.16. The Morgan fingerprint density at radius 3 is 2.26 bits per heavy atom. The van der Waals surface area contributed by atoms with Gasteiger partial charge in [-0.05, 0) is 58.4 Å². The van der Waals surface area contributed by atoms with Crippen LogP contribution in [0, 0.1) is 0 Å². The van der Waals surface area contributed by atoms with Gasteiger partial charge in [0.05, 0.1) is 29.3 Å². The van der Waals surface area contributed by atoms with Gasteiger partial charge >= 0.3 is 0 Å². The van der Waals surface area contributed by atoms with Crippen LogP contribution >= 0.6 is 31.9 Å². The molecule has 0 aliphatic carbocycles. The van der Waals surface area contributed by atoms with Gasteiger partial charge in [0.1, 0.15) is 4.90 Å². The number of aliphatic hydroxyl groups is 1. The Hall–Kier alpha value is -1.14. The molecule has 0 saturated carbocycles. The highest BCUT2D eigenvalue weighted by atomic mass is 79.9. The summed E-state index contributed by atoms with van der Waals surface area (Å²) >= 11 is 6.49. The highest BCUT2D eigenvalue weighted by molar-refractivity contribution is 9.11. The number of sulfone groups is 1. The van der Waals surface area contributed by atoms with Crippen LogP contribution < -0.4 is 10.0 Å². The van der Waals surface area contributed by atoms with Gasteiger partial charge < -0.3 is 10.8 Å². The van der Waals surface area contributed by atoms with E-state index in [1.54, 1.807) is 12.1 Å². The first-order valence-electron chi connectivity index (χ1n) is 7.75. The summed E-state index contributed by atoms with van der Waals surface area (Å²) in [7, 11) is -7.76. The minimum Gasteiger partial charge on any atom is -0.399 e. The molecule has 27 heavy (non-hydrogen) atoms. The number of aliphatic hydroxyl groups excluding tert-OH is 1. The van der Waals surface area contributed by atoms with Crippen LogP contribution in [0.4, 0.5) is 11.4 Å². The van der Waals surface area contributed by atoms with Crippen LogP contribution in [0.15, 0.2) is 56.3 Å². The second kappa shape index (κ2) is 7.36. The number of hydrogen-bond acceptors (Lipinski definition) is 6. The summed E-state index contributed by atoms with van der Waals surface area (Å²) in [6, 6.07) is 9.51. The highest BCUT2D eigenvalue weighted by Gasteiger charge is 2.45. The van der Waals surface area contributed by atoms with Crippen LogP contribution in [-0.2, 0) is 19.9 Å². The van der Waals surface area contributed by atoms with Crippen molar-refractivity contribution in [1.82, 2.24) is 0 Å². The van der Waals surface area contributed by atoms with Crippen LogP contribution in [0.2, 0.25) is 0 Å². The Labute approximate surface area is 174 Å². The van der Waals surface area contributed by atoms with Crippen molar-refractivity contribution in [2.45, 2.75) is 17.0 Å². The van der Waals surface area contributed by atoms with Gasteiger partial charge in [-0.3, -0.25) is 4.31 Å². The lowest BCUT2D eigenvalue weighted by Gasteiger charge is -2.31. The Morgan fingerprint density at radius 2 is 1.70 bits per heavy atom. The molecule has 3 rings (SSSR count). The fraction of sp³-hybridized carbons (Fsp3) is 0.250. The number of rotatable bonds is 4. The normalized spacial score (nSPS) is 21.9. The summed E-state index contributed by atoms with van der Waals surface area (Å²) in [5.41, 5.74) is 6.34. The summed E-state index contributed by atoms with van der Waals surface area (Å²) in [6.07, 6.45) is -1.34. The minimum absolute atomic E-state index is 0.0507. The van der Waals surface area contributed by atoms with E-state index in [9.17, 15) is 21.9 Å². The van der Waals surface area contributed by atoms with Gasteiger partial charge in [0.15, 0.2) is 9.84 Å². The second-order valence-corrected chi connectivity index (χ2v) is 11.9. The zero-order chi connectivity index (χ0) is 20.0. The molecular weight excluding hydrogens is 524 g/mol. The Kier molecular flexibility index (Phi) is 5.61. The van der Waals surface area contributed by atoms with E-state index in [0.717, 1.165) is 4.31 Å². The van der Waals surface area contributed by atoms with E-state index in [0.29, 0.717) is 14.6 Å². The predicted octanol–water partition coefficient (Wildman–Crippen LogP) is 2.15.